The number of carboxylic acids is 4. The third kappa shape index (κ3) is 94.4. The zero-order chi connectivity index (χ0) is 49.7. The first-order valence-electron chi connectivity index (χ1n) is 28.2. The molecule has 0 aromatic carbocycles. The number of hydrogen-bond donors (Lipinski definition) is 0. The van der Waals surface area contributed by atoms with E-state index >= 15 is 0 Å². The third-order valence-corrected chi connectivity index (χ3v) is 11.9. The number of allylic oxidation sites excluding steroid dienone is 2. The predicted octanol–water partition coefficient (Wildman–Crippen LogP) is 14.1. The van der Waals surface area contributed by atoms with E-state index in [1.165, 1.54) is 231 Å². The van der Waals surface area contributed by atoms with Crippen LogP contribution in [0.25, 0.3) is 0 Å². The van der Waals surface area contributed by atoms with Crippen molar-refractivity contribution in [1.82, 2.24) is 0 Å². The van der Waals surface area contributed by atoms with Gasteiger partial charge in [0, 0.05) is 11.9 Å². The Morgan fingerprint density at radius 1 is 0.265 bits per heavy atom. The molecule has 0 saturated carbocycles. The number of carbonyl (C=O) groups excluding carboxylic acids is 4. The van der Waals surface area contributed by atoms with Crippen molar-refractivity contribution in [2.24, 2.45) is 0 Å². The molecular formula is C58H108O8Zn2. The molecule has 0 spiro atoms. The third-order valence-electron chi connectivity index (χ3n) is 11.9. The van der Waals surface area contributed by atoms with Crippen molar-refractivity contribution in [3.63, 3.8) is 0 Å². The van der Waals surface area contributed by atoms with E-state index in [-0.39, 0.29) is 51.8 Å². The van der Waals surface area contributed by atoms with Crippen LogP contribution in [0.2, 0.25) is 0 Å². The summed E-state index contributed by atoms with van der Waals surface area (Å²) in [5.41, 5.74) is 0. The van der Waals surface area contributed by atoms with Gasteiger partial charge < -0.3 is 39.6 Å². The van der Waals surface area contributed by atoms with Crippen LogP contribution in [0.3, 0.4) is 0 Å². The van der Waals surface area contributed by atoms with E-state index in [2.05, 4.69) is 27.7 Å². The predicted molar refractivity (Wildman–Crippen MR) is 273 cm³/mol. The Bertz CT molecular complexity index is 956. The fraction of sp³-hybridized carbons (Fsp3) is 0.862. The van der Waals surface area contributed by atoms with E-state index < -0.39 is 23.9 Å². The summed E-state index contributed by atoms with van der Waals surface area (Å²) < 4.78 is 0. The van der Waals surface area contributed by atoms with Crippen LogP contribution in [0, 0.1) is 0 Å². The summed E-state index contributed by atoms with van der Waals surface area (Å²) in [5, 5.41) is 40.4. The number of aliphatic carboxylic acids is 4. The molecule has 0 atom stereocenters. The minimum Gasteiger partial charge on any atom is -0.550 e. The SMILES string of the molecule is CCCCCCCCC=CC(=O)[O-].CCCCCCCCC=CC(=O)[O-].CCCCCCCCCCCCCCCCCC(=O)[O-].CCCCCCCCCCCCCCCCCC(=O)[O-].[Zn+2].[Zn+2]. The average molecular weight is 1060 g/mol. The Hall–Kier alpha value is -1.39. The maximum atomic E-state index is 10.2. The van der Waals surface area contributed by atoms with Crippen molar-refractivity contribution in [3.05, 3.63) is 24.3 Å². The molecule has 0 bridgehead atoms. The van der Waals surface area contributed by atoms with Gasteiger partial charge in [0.25, 0.3) is 0 Å². The van der Waals surface area contributed by atoms with Crippen molar-refractivity contribution in [1.29, 1.82) is 0 Å². The molecule has 8 nitrogen and oxygen atoms in total. The van der Waals surface area contributed by atoms with Gasteiger partial charge in [-0.05, 0) is 63.5 Å². The summed E-state index contributed by atoms with van der Waals surface area (Å²) in [6.07, 6.45) is 61.9. The van der Waals surface area contributed by atoms with Crippen LogP contribution in [0.15, 0.2) is 24.3 Å². The molecule has 0 N–H and O–H groups in total. The summed E-state index contributed by atoms with van der Waals surface area (Å²) in [6.45, 7) is 8.93. The number of rotatable bonds is 48. The maximum Gasteiger partial charge on any atom is 2.00 e. The van der Waals surface area contributed by atoms with Crippen LogP contribution in [-0.2, 0) is 58.1 Å². The standard InChI is InChI=1S/2C18H36O2.2C11H20O2.2Zn/c2*1-2-3-4-5-6-7-8-9-10-11-12-13-14-15-16-17-18(19)20;2*1-2-3-4-5-6-7-8-9-10-11(12)13;;/h2*2-17H2,1H3,(H,19,20);2*9-10H,2-8H2,1H3,(H,12,13);;/q;;;;2*+2/p-4. The summed E-state index contributed by atoms with van der Waals surface area (Å²) in [6, 6.07) is 0. The second-order valence-electron chi connectivity index (χ2n) is 18.7. The normalized spacial score (nSPS) is 10.5. The molecule has 0 aliphatic carbocycles. The summed E-state index contributed by atoms with van der Waals surface area (Å²) in [7, 11) is 0. The molecular weight excluding hydrogens is 955 g/mol. The average Bonchev–Trinajstić information content (AvgIpc) is 3.28. The van der Waals surface area contributed by atoms with Crippen LogP contribution in [-0.4, -0.2) is 23.9 Å². The Morgan fingerprint density at radius 3 is 0.588 bits per heavy atom. The molecule has 0 amide bonds. The van der Waals surface area contributed by atoms with Gasteiger partial charge in [-0.15, -0.1) is 0 Å². The fourth-order valence-electron chi connectivity index (χ4n) is 7.73. The van der Waals surface area contributed by atoms with Crippen LogP contribution in [0.4, 0.5) is 0 Å². The zero-order valence-electron chi connectivity index (χ0n) is 45.5. The molecule has 0 unspecified atom stereocenters. The van der Waals surface area contributed by atoms with Crippen LogP contribution in [0.1, 0.15) is 323 Å². The largest absolute Gasteiger partial charge is 2.00 e. The van der Waals surface area contributed by atoms with Gasteiger partial charge in [0.2, 0.25) is 0 Å². The van der Waals surface area contributed by atoms with Gasteiger partial charge in [-0.1, -0.05) is 284 Å². The molecule has 0 fully saturated rings. The molecule has 0 rings (SSSR count). The minimum atomic E-state index is -1.09. The Kier molecular flexibility index (Phi) is 85.6. The van der Waals surface area contributed by atoms with Gasteiger partial charge in [-0.2, -0.15) is 0 Å². The van der Waals surface area contributed by atoms with Gasteiger partial charge in [-0.3, -0.25) is 0 Å². The van der Waals surface area contributed by atoms with E-state index in [1.807, 2.05) is 0 Å². The molecule has 0 aromatic heterocycles. The van der Waals surface area contributed by atoms with Gasteiger partial charge in [0.15, 0.2) is 0 Å². The second kappa shape index (κ2) is 74.6. The quantitative estimate of drug-likeness (QED) is 0.0331. The summed E-state index contributed by atoms with van der Waals surface area (Å²) in [5.74, 6) is -3.99. The molecule has 0 aliphatic heterocycles. The van der Waals surface area contributed by atoms with E-state index in [1.54, 1.807) is 12.2 Å². The number of carbonyl (C=O) groups is 4. The van der Waals surface area contributed by atoms with Crippen molar-refractivity contribution in [2.75, 3.05) is 0 Å². The molecule has 0 radical (unpaired) electrons. The number of hydrogen-bond acceptors (Lipinski definition) is 8. The van der Waals surface area contributed by atoms with Gasteiger partial charge in [0.05, 0.1) is 11.9 Å². The van der Waals surface area contributed by atoms with E-state index in [9.17, 15) is 39.6 Å². The van der Waals surface area contributed by atoms with E-state index in [0.717, 1.165) is 63.5 Å². The first-order valence-corrected chi connectivity index (χ1v) is 28.2. The topological polar surface area (TPSA) is 161 Å². The van der Waals surface area contributed by atoms with Crippen LogP contribution < -0.4 is 20.4 Å². The molecule has 10 heteroatoms. The molecule has 68 heavy (non-hydrogen) atoms. The molecule has 0 saturated heterocycles. The van der Waals surface area contributed by atoms with Crippen LogP contribution in [0.5, 0.6) is 0 Å². The van der Waals surface area contributed by atoms with Gasteiger partial charge in [0.1, 0.15) is 0 Å². The molecule has 392 valence electrons. The van der Waals surface area contributed by atoms with Crippen molar-refractivity contribution < 1.29 is 78.6 Å². The van der Waals surface area contributed by atoms with Crippen molar-refractivity contribution in [3.8, 4) is 0 Å². The van der Waals surface area contributed by atoms with E-state index in [4.69, 9.17) is 0 Å². The Balaban J connectivity index is -0.000000190. The summed E-state index contributed by atoms with van der Waals surface area (Å²) >= 11 is 0. The van der Waals surface area contributed by atoms with Gasteiger partial charge >= 0.3 is 39.0 Å². The molecule has 0 aromatic rings. The van der Waals surface area contributed by atoms with Crippen LogP contribution >= 0.6 is 0 Å². The maximum absolute atomic E-state index is 10.2. The van der Waals surface area contributed by atoms with Crippen molar-refractivity contribution >= 4 is 23.9 Å². The Morgan fingerprint density at radius 2 is 0.426 bits per heavy atom. The zero-order valence-corrected chi connectivity index (χ0v) is 51.5. The fourth-order valence-corrected chi connectivity index (χ4v) is 7.73. The van der Waals surface area contributed by atoms with E-state index in [0.29, 0.717) is 0 Å². The monoisotopic (exact) mass is 1060 g/mol. The first-order chi connectivity index (χ1) is 32.1. The molecule has 0 heterocycles. The number of carboxylic acid groups (broad SMARTS) is 4. The molecule has 0 aliphatic rings. The van der Waals surface area contributed by atoms with Gasteiger partial charge in [-0.25, -0.2) is 0 Å². The Labute approximate surface area is 447 Å². The van der Waals surface area contributed by atoms with Crippen molar-refractivity contribution in [2.45, 2.75) is 323 Å². The first kappa shape index (κ1) is 78.1. The number of unbranched alkanes of at least 4 members (excludes halogenated alkanes) is 40. The minimum absolute atomic E-state index is 0. The smallest absolute Gasteiger partial charge is 0.550 e. The summed E-state index contributed by atoms with van der Waals surface area (Å²) in [4.78, 5) is 40.4. The second-order valence-corrected chi connectivity index (χ2v) is 18.7.